The number of pyridine rings is 2. The lowest BCUT2D eigenvalue weighted by Gasteiger charge is -2.31. The summed E-state index contributed by atoms with van der Waals surface area (Å²) in [4.78, 5) is 41.5. The Labute approximate surface area is 303 Å². The van der Waals surface area contributed by atoms with Gasteiger partial charge in [-0.05, 0) is 76.6 Å². The minimum absolute atomic E-state index is 0.0129. The third-order valence-electron chi connectivity index (χ3n) is 10.7. The molecule has 14 nitrogen and oxygen atoms in total. The Bertz CT molecular complexity index is 2250. The van der Waals surface area contributed by atoms with Crippen molar-refractivity contribution in [3.63, 3.8) is 0 Å². The summed E-state index contributed by atoms with van der Waals surface area (Å²) in [6.07, 6.45) is 9.00. The highest BCUT2D eigenvalue weighted by atomic mass is 19.1. The van der Waals surface area contributed by atoms with Gasteiger partial charge in [0.25, 0.3) is 5.89 Å². The lowest BCUT2D eigenvalue weighted by molar-refractivity contribution is -0.124. The van der Waals surface area contributed by atoms with Crippen LogP contribution >= 0.6 is 0 Å². The Balaban J connectivity index is 1.12. The van der Waals surface area contributed by atoms with Crippen LogP contribution in [-0.4, -0.2) is 102 Å². The smallest absolute Gasteiger partial charge is 0.319 e. The zero-order chi connectivity index (χ0) is 37.1. The fraction of sp³-hybridized carbons (Fsp3) is 0.432. The summed E-state index contributed by atoms with van der Waals surface area (Å²) in [7, 11) is 1.83. The number of rotatable bonds is 9. The van der Waals surface area contributed by atoms with E-state index in [0.29, 0.717) is 42.7 Å². The SMILES string of the molecule is CN(c1nc(OCC23CCCN2CCC3)nc2c(F)c(-c3nc(N)cc4cccc(F)c34)ncc12)C1CCN(C(=O)/C=C/c2nc(C(C)(C)O)no2)C1. The van der Waals surface area contributed by atoms with Gasteiger partial charge in [0.2, 0.25) is 11.7 Å². The number of halogens is 2. The van der Waals surface area contributed by atoms with Gasteiger partial charge in [-0.15, -0.1) is 0 Å². The molecule has 0 radical (unpaired) electrons. The van der Waals surface area contributed by atoms with Crippen LogP contribution in [0.25, 0.3) is 39.1 Å². The van der Waals surface area contributed by atoms with Gasteiger partial charge < -0.3 is 29.9 Å². The van der Waals surface area contributed by atoms with E-state index in [9.17, 15) is 9.90 Å². The van der Waals surface area contributed by atoms with E-state index in [1.807, 2.05) is 11.9 Å². The van der Waals surface area contributed by atoms with Crippen molar-refractivity contribution in [2.24, 2.45) is 0 Å². The molecule has 3 saturated heterocycles. The summed E-state index contributed by atoms with van der Waals surface area (Å²) in [5, 5.41) is 14.8. The summed E-state index contributed by atoms with van der Waals surface area (Å²) in [5.41, 5.74) is 4.40. The molecule has 1 atom stereocenters. The van der Waals surface area contributed by atoms with Crippen molar-refractivity contribution in [2.75, 3.05) is 50.5 Å². The first-order valence-corrected chi connectivity index (χ1v) is 17.8. The molecule has 1 unspecified atom stereocenters. The van der Waals surface area contributed by atoms with Gasteiger partial charge in [0, 0.05) is 49.9 Å². The number of likely N-dealkylation sites (tertiary alicyclic amines) is 1. The minimum atomic E-state index is -1.28. The van der Waals surface area contributed by atoms with Gasteiger partial charge >= 0.3 is 6.01 Å². The molecule has 1 amide bonds. The lowest BCUT2D eigenvalue weighted by Crippen LogP contribution is -2.43. The molecule has 0 saturated carbocycles. The first-order valence-electron chi connectivity index (χ1n) is 17.8. The van der Waals surface area contributed by atoms with E-state index in [4.69, 9.17) is 20.0 Å². The predicted molar refractivity (Wildman–Crippen MR) is 193 cm³/mol. The van der Waals surface area contributed by atoms with Gasteiger partial charge in [-0.2, -0.15) is 15.0 Å². The van der Waals surface area contributed by atoms with E-state index >= 15 is 8.78 Å². The second-order valence-corrected chi connectivity index (χ2v) is 14.6. The van der Waals surface area contributed by atoms with Crippen molar-refractivity contribution in [3.8, 4) is 17.4 Å². The molecule has 276 valence electrons. The molecule has 3 N–H and O–H groups in total. The van der Waals surface area contributed by atoms with Crippen molar-refractivity contribution >= 4 is 45.3 Å². The second kappa shape index (κ2) is 13.3. The van der Waals surface area contributed by atoms with Gasteiger partial charge in [-0.25, -0.2) is 13.8 Å². The summed E-state index contributed by atoms with van der Waals surface area (Å²) in [6.45, 7) is 6.27. The standard InChI is InChI=1S/C37H40F2N10O4/c1-36(2,51)34-43-26(53-46-34)9-10-27(50)48-16-11-22(19-48)47(3)33-23-18-41-32(31-28-21(17-25(40)42-31)7-4-8-24(28)38)29(39)30(23)44-35(45-33)52-20-37-12-5-14-49(37)15-6-13-37/h4,7-10,17-18,22,51H,5-6,11-16,19-20H2,1-3H3,(H2,40,42)/b10-9+. The molecule has 3 aliphatic heterocycles. The van der Waals surface area contributed by atoms with Gasteiger partial charge in [0.15, 0.2) is 5.82 Å². The van der Waals surface area contributed by atoms with E-state index in [-0.39, 0.29) is 63.3 Å². The zero-order valence-corrected chi connectivity index (χ0v) is 29.7. The van der Waals surface area contributed by atoms with Crippen molar-refractivity contribution in [2.45, 2.75) is 63.1 Å². The number of nitrogen functional groups attached to an aromatic ring is 1. The Kier molecular flexibility index (Phi) is 8.68. The highest BCUT2D eigenvalue weighted by molar-refractivity contribution is 5.99. The number of aromatic nitrogens is 6. The molecule has 3 aliphatic rings. The van der Waals surface area contributed by atoms with Crippen LogP contribution in [0.2, 0.25) is 0 Å². The van der Waals surface area contributed by atoms with Crippen LogP contribution in [0.5, 0.6) is 6.01 Å². The third kappa shape index (κ3) is 6.39. The number of amides is 1. The molecule has 1 aromatic carbocycles. The summed E-state index contributed by atoms with van der Waals surface area (Å²) in [5.74, 6) is -0.972. The average Bonchev–Trinajstić information content (AvgIpc) is 3.94. The van der Waals surface area contributed by atoms with Crippen LogP contribution in [-0.2, 0) is 10.4 Å². The number of hydrogen-bond acceptors (Lipinski definition) is 13. The number of hydrogen-bond donors (Lipinski definition) is 2. The number of benzene rings is 1. The normalized spacial score (nSPS) is 18.8. The van der Waals surface area contributed by atoms with Gasteiger partial charge in [0.1, 0.15) is 46.6 Å². The maximum Gasteiger partial charge on any atom is 0.319 e. The summed E-state index contributed by atoms with van der Waals surface area (Å²) in [6, 6.07) is 5.86. The number of nitrogens with two attached hydrogens (primary N) is 1. The number of ether oxygens (including phenoxy) is 1. The molecule has 0 spiro atoms. The first-order chi connectivity index (χ1) is 25.4. The number of aliphatic hydroxyl groups is 1. The van der Waals surface area contributed by atoms with Crippen molar-refractivity contribution in [3.05, 3.63) is 59.9 Å². The monoisotopic (exact) mass is 726 g/mol. The minimum Gasteiger partial charge on any atom is -0.461 e. The molecule has 3 fully saturated rings. The first kappa shape index (κ1) is 34.7. The number of fused-ring (bicyclic) bond motifs is 3. The van der Waals surface area contributed by atoms with Gasteiger partial charge in [-0.1, -0.05) is 17.3 Å². The molecular weight excluding hydrogens is 686 g/mol. The number of carbonyl (C=O) groups excluding carboxylic acids is 1. The number of nitrogens with zero attached hydrogens (tertiary/aromatic N) is 9. The van der Waals surface area contributed by atoms with E-state index in [2.05, 4.69) is 30.0 Å². The van der Waals surface area contributed by atoms with Crippen LogP contribution in [0.4, 0.5) is 20.4 Å². The summed E-state index contributed by atoms with van der Waals surface area (Å²) < 4.78 is 43.5. The molecule has 53 heavy (non-hydrogen) atoms. The van der Waals surface area contributed by atoms with Gasteiger partial charge in [-0.3, -0.25) is 14.7 Å². The van der Waals surface area contributed by atoms with Crippen LogP contribution < -0.4 is 15.4 Å². The lowest BCUT2D eigenvalue weighted by atomic mass is 9.95. The largest absolute Gasteiger partial charge is 0.461 e. The summed E-state index contributed by atoms with van der Waals surface area (Å²) >= 11 is 0. The zero-order valence-electron chi connectivity index (χ0n) is 29.7. The second-order valence-electron chi connectivity index (χ2n) is 14.6. The van der Waals surface area contributed by atoms with Crippen LogP contribution in [0.1, 0.15) is 57.7 Å². The highest BCUT2D eigenvalue weighted by Gasteiger charge is 2.45. The number of carbonyl (C=O) groups is 1. The van der Waals surface area contributed by atoms with Crippen molar-refractivity contribution < 1.29 is 27.9 Å². The molecule has 5 aromatic rings. The molecule has 4 aromatic heterocycles. The van der Waals surface area contributed by atoms with E-state index in [1.165, 1.54) is 44.3 Å². The van der Waals surface area contributed by atoms with Crippen molar-refractivity contribution in [1.29, 1.82) is 0 Å². The Hall–Kier alpha value is -5.35. The highest BCUT2D eigenvalue weighted by Crippen LogP contribution is 2.40. The molecule has 16 heteroatoms. The molecule has 0 bridgehead atoms. The molecular formula is C37H40F2N10O4. The van der Waals surface area contributed by atoms with Gasteiger partial charge in [0.05, 0.1) is 10.9 Å². The molecule has 0 aliphatic carbocycles. The van der Waals surface area contributed by atoms with E-state index in [0.717, 1.165) is 38.8 Å². The fourth-order valence-corrected chi connectivity index (χ4v) is 7.87. The van der Waals surface area contributed by atoms with E-state index in [1.54, 1.807) is 17.0 Å². The van der Waals surface area contributed by atoms with Crippen LogP contribution in [0.15, 0.2) is 41.1 Å². The van der Waals surface area contributed by atoms with E-state index < -0.39 is 17.2 Å². The Morgan fingerprint density at radius 3 is 2.70 bits per heavy atom. The fourth-order valence-electron chi connectivity index (χ4n) is 7.87. The van der Waals surface area contributed by atoms with Crippen molar-refractivity contribution in [1.82, 2.24) is 39.9 Å². The van der Waals surface area contributed by atoms with Crippen LogP contribution in [0, 0.1) is 11.6 Å². The molecule has 7 heterocycles. The topological polar surface area (TPSA) is 173 Å². The maximum absolute atomic E-state index is 16.8. The predicted octanol–water partition coefficient (Wildman–Crippen LogP) is 4.47. The number of anilines is 2. The Morgan fingerprint density at radius 1 is 1.15 bits per heavy atom. The quantitative estimate of drug-likeness (QED) is 0.204. The number of likely N-dealkylation sites (N-methyl/N-ethyl adjacent to an activating group) is 1. The molecule has 8 rings (SSSR count). The Morgan fingerprint density at radius 2 is 1.94 bits per heavy atom. The van der Waals surface area contributed by atoms with Crippen LogP contribution in [0.3, 0.4) is 0 Å². The third-order valence-corrected chi connectivity index (χ3v) is 10.7. The maximum atomic E-state index is 16.8. The average molecular weight is 727 g/mol.